The summed E-state index contributed by atoms with van der Waals surface area (Å²) in [7, 11) is 1.76. The molecular formula is C20H41N5O3. The molecule has 0 aliphatic carbocycles. The first kappa shape index (κ1) is 24.5. The first-order valence-electron chi connectivity index (χ1n) is 10.3. The number of guanidine groups is 1. The second-order valence-electron chi connectivity index (χ2n) is 8.85. The zero-order valence-electron chi connectivity index (χ0n) is 18.9. The van der Waals surface area contributed by atoms with E-state index in [9.17, 15) is 4.79 Å². The molecule has 1 rings (SSSR count). The normalized spacial score (nSPS) is 17.8. The SMILES string of the molecule is CCCC(CNC(=NC)NCC(C)(C)N1CCOCC1)NC(=O)OC(C)(C)C. The van der Waals surface area contributed by atoms with Crippen LogP contribution >= 0.6 is 0 Å². The highest BCUT2D eigenvalue weighted by Crippen LogP contribution is 2.15. The molecule has 1 fully saturated rings. The summed E-state index contributed by atoms with van der Waals surface area (Å²) >= 11 is 0. The quantitative estimate of drug-likeness (QED) is 0.427. The average Bonchev–Trinajstić information content (AvgIpc) is 2.61. The van der Waals surface area contributed by atoms with Gasteiger partial charge in [0, 0.05) is 44.8 Å². The van der Waals surface area contributed by atoms with Crippen molar-refractivity contribution in [2.24, 2.45) is 4.99 Å². The van der Waals surface area contributed by atoms with E-state index in [-0.39, 0.29) is 17.7 Å². The Labute approximate surface area is 170 Å². The van der Waals surface area contributed by atoms with Gasteiger partial charge in [-0.3, -0.25) is 9.89 Å². The monoisotopic (exact) mass is 399 g/mol. The van der Waals surface area contributed by atoms with E-state index in [1.165, 1.54) is 0 Å². The summed E-state index contributed by atoms with van der Waals surface area (Å²) in [4.78, 5) is 18.8. The third-order valence-corrected chi connectivity index (χ3v) is 4.65. The van der Waals surface area contributed by atoms with Crippen LogP contribution in [0.15, 0.2) is 4.99 Å². The van der Waals surface area contributed by atoms with E-state index < -0.39 is 5.60 Å². The van der Waals surface area contributed by atoms with Gasteiger partial charge in [0.05, 0.1) is 13.2 Å². The van der Waals surface area contributed by atoms with Crippen molar-refractivity contribution in [2.45, 2.75) is 71.6 Å². The van der Waals surface area contributed by atoms with Crippen LogP contribution in [0.3, 0.4) is 0 Å². The van der Waals surface area contributed by atoms with Gasteiger partial charge in [-0.05, 0) is 41.0 Å². The van der Waals surface area contributed by atoms with E-state index >= 15 is 0 Å². The van der Waals surface area contributed by atoms with Gasteiger partial charge in [-0.25, -0.2) is 4.79 Å². The lowest BCUT2D eigenvalue weighted by Gasteiger charge is -2.41. The molecule has 3 N–H and O–H groups in total. The van der Waals surface area contributed by atoms with Crippen molar-refractivity contribution in [3.8, 4) is 0 Å². The summed E-state index contributed by atoms with van der Waals surface area (Å²) in [6.07, 6.45) is 1.45. The Morgan fingerprint density at radius 1 is 1.18 bits per heavy atom. The summed E-state index contributed by atoms with van der Waals surface area (Å²) < 4.78 is 10.8. The zero-order chi connectivity index (χ0) is 21.2. The number of ether oxygens (including phenoxy) is 2. The van der Waals surface area contributed by atoms with Crippen LogP contribution < -0.4 is 16.0 Å². The summed E-state index contributed by atoms with van der Waals surface area (Å²) in [5.74, 6) is 0.730. The van der Waals surface area contributed by atoms with E-state index in [1.54, 1.807) is 7.05 Å². The number of amides is 1. The molecule has 0 saturated carbocycles. The van der Waals surface area contributed by atoms with Gasteiger partial charge in [0.2, 0.25) is 0 Å². The number of nitrogens with one attached hydrogen (secondary N) is 3. The molecule has 1 heterocycles. The molecule has 8 heteroatoms. The van der Waals surface area contributed by atoms with Crippen molar-refractivity contribution in [3.63, 3.8) is 0 Å². The average molecular weight is 400 g/mol. The molecule has 1 atom stereocenters. The molecule has 1 unspecified atom stereocenters. The van der Waals surface area contributed by atoms with Gasteiger partial charge in [-0.15, -0.1) is 0 Å². The Balaban J connectivity index is 2.49. The van der Waals surface area contributed by atoms with Crippen LogP contribution in [-0.2, 0) is 9.47 Å². The summed E-state index contributed by atoms with van der Waals surface area (Å²) in [5, 5.41) is 9.68. The summed E-state index contributed by atoms with van der Waals surface area (Å²) in [6, 6.07) is -0.0225. The number of nitrogens with zero attached hydrogens (tertiary/aromatic N) is 2. The summed E-state index contributed by atoms with van der Waals surface area (Å²) in [6.45, 7) is 16.9. The number of hydrogen-bond donors (Lipinski definition) is 3. The van der Waals surface area contributed by atoms with Gasteiger partial charge in [0.1, 0.15) is 5.60 Å². The minimum atomic E-state index is -0.503. The molecule has 1 amide bonds. The number of rotatable bonds is 8. The molecule has 0 bridgehead atoms. The molecule has 28 heavy (non-hydrogen) atoms. The first-order chi connectivity index (χ1) is 13.1. The Kier molecular flexibility index (Phi) is 10.0. The number of hydrogen-bond acceptors (Lipinski definition) is 5. The molecule has 8 nitrogen and oxygen atoms in total. The van der Waals surface area contributed by atoms with Gasteiger partial charge in [0.15, 0.2) is 5.96 Å². The lowest BCUT2D eigenvalue weighted by Crippen LogP contribution is -2.57. The lowest BCUT2D eigenvalue weighted by atomic mass is 10.0. The zero-order valence-corrected chi connectivity index (χ0v) is 18.9. The van der Waals surface area contributed by atoms with Crippen LogP contribution in [0.25, 0.3) is 0 Å². The molecule has 0 aromatic rings. The Morgan fingerprint density at radius 3 is 2.36 bits per heavy atom. The first-order valence-corrected chi connectivity index (χ1v) is 10.3. The van der Waals surface area contributed by atoms with E-state index in [0.717, 1.165) is 51.6 Å². The standard InChI is InChI=1S/C20H41N5O3/c1-8-9-16(24-18(26)28-19(2,3)4)14-22-17(21-7)23-15-20(5,6)25-10-12-27-13-11-25/h16H,8-15H2,1-7H3,(H,24,26)(H2,21,22,23). The molecule has 0 aromatic heterocycles. The molecule has 0 aromatic carbocycles. The van der Waals surface area contributed by atoms with Crippen LogP contribution in [0.5, 0.6) is 0 Å². The predicted octanol–water partition coefficient (Wildman–Crippen LogP) is 1.96. The van der Waals surface area contributed by atoms with Gasteiger partial charge >= 0.3 is 6.09 Å². The van der Waals surface area contributed by atoms with Crippen LogP contribution in [0, 0.1) is 0 Å². The molecule has 1 aliphatic rings. The fourth-order valence-electron chi connectivity index (χ4n) is 3.07. The number of morpholine rings is 1. The third-order valence-electron chi connectivity index (χ3n) is 4.65. The van der Waals surface area contributed by atoms with Crippen molar-refractivity contribution >= 4 is 12.1 Å². The van der Waals surface area contributed by atoms with Gasteiger partial charge in [0.25, 0.3) is 0 Å². The topological polar surface area (TPSA) is 87.2 Å². The van der Waals surface area contributed by atoms with Crippen molar-refractivity contribution < 1.29 is 14.3 Å². The fraction of sp³-hybridized carbons (Fsp3) is 0.900. The smallest absolute Gasteiger partial charge is 0.407 e. The minimum absolute atomic E-state index is 0.00101. The van der Waals surface area contributed by atoms with Crippen LogP contribution in [0.1, 0.15) is 54.4 Å². The molecule has 1 aliphatic heterocycles. The van der Waals surface area contributed by atoms with E-state index in [0.29, 0.717) is 6.54 Å². The van der Waals surface area contributed by atoms with E-state index in [4.69, 9.17) is 9.47 Å². The number of carbonyl (C=O) groups excluding carboxylic acids is 1. The fourth-order valence-corrected chi connectivity index (χ4v) is 3.07. The Hall–Kier alpha value is -1.54. The third kappa shape index (κ3) is 9.59. The Morgan fingerprint density at radius 2 is 1.82 bits per heavy atom. The maximum atomic E-state index is 12.1. The van der Waals surface area contributed by atoms with Crippen LogP contribution in [0.4, 0.5) is 4.79 Å². The maximum Gasteiger partial charge on any atom is 0.407 e. The lowest BCUT2D eigenvalue weighted by molar-refractivity contribution is -0.00834. The largest absolute Gasteiger partial charge is 0.444 e. The maximum absolute atomic E-state index is 12.1. The van der Waals surface area contributed by atoms with Crippen molar-refractivity contribution in [3.05, 3.63) is 0 Å². The van der Waals surface area contributed by atoms with Crippen molar-refractivity contribution in [1.29, 1.82) is 0 Å². The number of carbonyl (C=O) groups is 1. The Bertz CT molecular complexity index is 497. The van der Waals surface area contributed by atoms with Gasteiger partial charge in [-0.1, -0.05) is 13.3 Å². The van der Waals surface area contributed by atoms with E-state index in [1.807, 2.05) is 20.8 Å². The molecule has 164 valence electrons. The number of alkyl carbamates (subject to hydrolysis) is 1. The second-order valence-corrected chi connectivity index (χ2v) is 8.85. The molecular weight excluding hydrogens is 358 g/mol. The highest BCUT2D eigenvalue weighted by Gasteiger charge is 2.28. The number of aliphatic imine (C=N–C) groups is 1. The predicted molar refractivity (Wildman–Crippen MR) is 114 cm³/mol. The molecule has 1 saturated heterocycles. The van der Waals surface area contributed by atoms with Crippen LogP contribution in [0.2, 0.25) is 0 Å². The van der Waals surface area contributed by atoms with Gasteiger partial charge < -0.3 is 25.4 Å². The molecule has 0 spiro atoms. The van der Waals surface area contributed by atoms with Crippen LogP contribution in [-0.4, -0.2) is 80.6 Å². The second kappa shape index (κ2) is 11.5. The highest BCUT2D eigenvalue weighted by atomic mass is 16.6. The van der Waals surface area contributed by atoms with Gasteiger partial charge in [-0.2, -0.15) is 0 Å². The van der Waals surface area contributed by atoms with Crippen molar-refractivity contribution in [1.82, 2.24) is 20.9 Å². The highest BCUT2D eigenvalue weighted by molar-refractivity contribution is 5.79. The molecule has 0 radical (unpaired) electrons. The van der Waals surface area contributed by atoms with E-state index in [2.05, 4.69) is 46.6 Å². The minimum Gasteiger partial charge on any atom is -0.444 e. The van der Waals surface area contributed by atoms with Crippen molar-refractivity contribution in [2.75, 3.05) is 46.4 Å². The summed E-state index contributed by atoms with van der Waals surface area (Å²) in [5.41, 5.74) is -0.504.